The number of hydrogen-bond donors (Lipinski definition) is 1. The first-order valence-corrected chi connectivity index (χ1v) is 9.15. The number of hydrogen-bond acceptors (Lipinski definition) is 4. The maximum Gasteiger partial charge on any atom is 0.274 e. The van der Waals surface area contributed by atoms with Crippen LogP contribution in [0.3, 0.4) is 0 Å². The Morgan fingerprint density at radius 2 is 1.80 bits per heavy atom. The summed E-state index contributed by atoms with van der Waals surface area (Å²) in [6, 6.07) is 6.62. The summed E-state index contributed by atoms with van der Waals surface area (Å²) in [5.41, 5.74) is 1.60. The standard InChI is InChI=1S/C18H20Cl2N4O/c1-12-10-16(17(25)22-15-7-6-13(19)11-14(15)20)23-18(21-12)24-8-4-2-3-5-9-24/h6-7,10-11H,2-5,8-9H2,1H3,(H,22,25). The van der Waals surface area contributed by atoms with E-state index in [4.69, 9.17) is 23.2 Å². The summed E-state index contributed by atoms with van der Waals surface area (Å²) in [4.78, 5) is 23.7. The molecule has 132 valence electrons. The van der Waals surface area contributed by atoms with Crippen LogP contribution in [-0.2, 0) is 0 Å². The number of rotatable bonds is 3. The van der Waals surface area contributed by atoms with Crippen LogP contribution in [0.4, 0.5) is 11.6 Å². The van der Waals surface area contributed by atoms with Crippen LogP contribution in [0.2, 0.25) is 10.0 Å². The average Bonchev–Trinajstić information content (AvgIpc) is 2.86. The molecule has 0 atom stereocenters. The van der Waals surface area contributed by atoms with Gasteiger partial charge in [0.25, 0.3) is 5.91 Å². The van der Waals surface area contributed by atoms with Gasteiger partial charge in [0.05, 0.1) is 10.7 Å². The Bertz CT molecular complexity index is 774. The summed E-state index contributed by atoms with van der Waals surface area (Å²) in [6.07, 6.45) is 4.70. The molecule has 1 N–H and O–H groups in total. The van der Waals surface area contributed by atoms with Gasteiger partial charge in [0.2, 0.25) is 5.95 Å². The van der Waals surface area contributed by atoms with Crippen molar-refractivity contribution >= 4 is 40.7 Å². The Balaban J connectivity index is 1.82. The molecule has 1 aliphatic heterocycles. The van der Waals surface area contributed by atoms with E-state index in [0.717, 1.165) is 31.6 Å². The number of carbonyl (C=O) groups excluding carboxylic acids is 1. The minimum atomic E-state index is -0.314. The second kappa shape index (κ2) is 8.02. The molecule has 0 saturated carbocycles. The van der Waals surface area contributed by atoms with E-state index in [1.54, 1.807) is 24.3 Å². The molecule has 0 radical (unpaired) electrons. The minimum absolute atomic E-state index is 0.314. The van der Waals surface area contributed by atoms with Gasteiger partial charge in [-0.25, -0.2) is 9.97 Å². The summed E-state index contributed by atoms with van der Waals surface area (Å²) in [6.45, 7) is 3.72. The van der Waals surface area contributed by atoms with Crippen molar-refractivity contribution in [2.24, 2.45) is 0 Å². The molecule has 1 fully saturated rings. The number of nitrogens with zero attached hydrogens (tertiary/aromatic N) is 3. The maximum atomic E-state index is 12.6. The lowest BCUT2D eigenvalue weighted by molar-refractivity contribution is 0.102. The molecule has 0 spiro atoms. The van der Waals surface area contributed by atoms with Gasteiger partial charge < -0.3 is 10.2 Å². The summed E-state index contributed by atoms with van der Waals surface area (Å²) in [5.74, 6) is 0.306. The van der Waals surface area contributed by atoms with E-state index in [-0.39, 0.29) is 5.91 Å². The number of benzene rings is 1. The molecule has 1 aromatic heterocycles. The van der Waals surface area contributed by atoms with Gasteiger partial charge in [-0.15, -0.1) is 0 Å². The lowest BCUT2D eigenvalue weighted by Crippen LogP contribution is -2.27. The van der Waals surface area contributed by atoms with Gasteiger partial charge in [-0.2, -0.15) is 0 Å². The predicted octanol–water partition coefficient (Wildman–Crippen LogP) is 4.72. The zero-order chi connectivity index (χ0) is 17.8. The van der Waals surface area contributed by atoms with Gasteiger partial charge in [-0.1, -0.05) is 36.0 Å². The monoisotopic (exact) mass is 378 g/mol. The van der Waals surface area contributed by atoms with Crippen LogP contribution >= 0.6 is 23.2 Å². The molecule has 7 heteroatoms. The van der Waals surface area contributed by atoms with Crippen molar-refractivity contribution in [3.8, 4) is 0 Å². The Kier molecular flexibility index (Phi) is 5.76. The van der Waals surface area contributed by atoms with Crippen LogP contribution in [0, 0.1) is 6.92 Å². The number of nitrogens with one attached hydrogen (secondary N) is 1. The van der Waals surface area contributed by atoms with E-state index in [2.05, 4.69) is 20.2 Å². The van der Waals surface area contributed by atoms with E-state index in [1.807, 2.05) is 6.92 Å². The first-order chi connectivity index (χ1) is 12.0. The van der Waals surface area contributed by atoms with Crippen molar-refractivity contribution in [2.75, 3.05) is 23.3 Å². The van der Waals surface area contributed by atoms with Crippen LogP contribution in [-0.4, -0.2) is 29.0 Å². The Morgan fingerprint density at radius 3 is 2.48 bits per heavy atom. The molecule has 0 bridgehead atoms. The highest BCUT2D eigenvalue weighted by Gasteiger charge is 2.17. The van der Waals surface area contributed by atoms with E-state index >= 15 is 0 Å². The molecule has 0 unspecified atom stereocenters. The second-order valence-electron chi connectivity index (χ2n) is 6.17. The van der Waals surface area contributed by atoms with E-state index in [1.165, 1.54) is 12.8 Å². The van der Waals surface area contributed by atoms with Crippen molar-refractivity contribution in [1.82, 2.24) is 9.97 Å². The highest BCUT2D eigenvalue weighted by molar-refractivity contribution is 6.36. The van der Waals surface area contributed by atoms with Crippen molar-refractivity contribution in [1.29, 1.82) is 0 Å². The highest BCUT2D eigenvalue weighted by atomic mass is 35.5. The molecule has 1 aliphatic rings. The number of amides is 1. The third-order valence-corrected chi connectivity index (χ3v) is 4.69. The third-order valence-electron chi connectivity index (χ3n) is 4.14. The Morgan fingerprint density at radius 1 is 1.08 bits per heavy atom. The summed E-state index contributed by atoms with van der Waals surface area (Å²) < 4.78 is 0. The molecule has 2 heterocycles. The molecule has 0 aliphatic carbocycles. The summed E-state index contributed by atoms with van der Waals surface area (Å²) in [5, 5.41) is 3.69. The molecule has 1 amide bonds. The normalized spacial score (nSPS) is 14.9. The van der Waals surface area contributed by atoms with Crippen LogP contribution in [0.25, 0.3) is 0 Å². The molecule has 5 nitrogen and oxygen atoms in total. The number of anilines is 2. The van der Waals surface area contributed by atoms with Gasteiger partial charge >= 0.3 is 0 Å². The van der Waals surface area contributed by atoms with E-state index in [0.29, 0.717) is 27.4 Å². The van der Waals surface area contributed by atoms with E-state index in [9.17, 15) is 4.79 Å². The smallest absolute Gasteiger partial charge is 0.274 e. The van der Waals surface area contributed by atoms with Crippen molar-refractivity contribution in [3.63, 3.8) is 0 Å². The fourth-order valence-electron chi connectivity index (χ4n) is 2.86. The highest BCUT2D eigenvalue weighted by Crippen LogP contribution is 2.26. The lowest BCUT2D eigenvalue weighted by Gasteiger charge is -2.21. The topological polar surface area (TPSA) is 58.1 Å². The fraction of sp³-hybridized carbons (Fsp3) is 0.389. The first kappa shape index (κ1) is 18.0. The zero-order valence-electron chi connectivity index (χ0n) is 14.1. The van der Waals surface area contributed by atoms with Gasteiger partial charge in [-0.3, -0.25) is 4.79 Å². The molecule has 1 saturated heterocycles. The molecular formula is C18H20Cl2N4O. The summed E-state index contributed by atoms with van der Waals surface area (Å²) >= 11 is 12.0. The quantitative estimate of drug-likeness (QED) is 0.838. The van der Waals surface area contributed by atoms with Crippen LogP contribution in [0.5, 0.6) is 0 Å². The average molecular weight is 379 g/mol. The largest absolute Gasteiger partial charge is 0.341 e. The van der Waals surface area contributed by atoms with Crippen molar-refractivity contribution < 1.29 is 4.79 Å². The van der Waals surface area contributed by atoms with Crippen LogP contribution in [0.1, 0.15) is 41.9 Å². The molecule has 25 heavy (non-hydrogen) atoms. The number of halogens is 2. The fourth-order valence-corrected chi connectivity index (χ4v) is 3.31. The predicted molar refractivity (Wildman–Crippen MR) is 102 cm³/mol. The Labute approximate surface area is 157 Å². The first-order valence-electron chi connectivity index (χ1n) is 8.40. The van der Waals surface area contributed by atoms with Crippen LogP contribution < -0.4 is 10.2 Å². The minimum Gasteiger partial charge on any atom is -0.341 e. The van der Waals surface area contributed by atoms with Crippen molar-refractivity contribution in [2.45, 2.75) is 32.6 Å². The molecule has 2 aromatic rings. The van der Waals surface area contributed by atoms with Gasteiger partial charge in [-0.05, 0) is 44.0 Å². The number of aryl methyl sites for hydroxylation is 1. The van der Waals surface area contributed by atoms with Crippen LogP contribution in [0.15, 0.2) is 24.3 Å². The van der Waals surface area contributed by atoms with E-state index < -0.39 is 0 Å². The second-order valence-corrected chi connectivity index (χ2v) is 7.02. The zero-order valence-corrected chi connectivity index (χ0v) is 15.6. The molecule has 1 aromatic carbocycles. The molecular weight excluding hydrogens is 359 g/mol. The van der Waals surface area contributed by atoms with Gasteiger partial charge in [0, 0.05) is 23.8 Å². The van der Waals surface area contributed by atoms with Crippen molar-refractivity contribution in [3.05, 3.63) is 45.7 Å². The third kappa shape index (κ3) is 4.61. The molecule has 3 rings (SSSR count). The summed E-state index contributed by atoms with van der Waals surface area (Å²) in [7, 11) is 0. The maximum absolute atomic E-state index is 12.6. The SMILES string of the molecule is Cc1cc(C(=O)Nc2ccc(Cl)cc2Cl)nc(N2CCCCCC2)n1. The number of aromatic nitrogens is 2. The van der Waals surface area contributed by atoms with Gasteiger partial charge in [0.15, 0.2) is 0 Å². The lowest BCUT2D eigenvalue weighted by atomic mass is 10.2. The Hall–Kier alpha value is -1.85. The van der Waals surface area contributed by atoms with Gasteiger partial charge in [0.1, 0.15) is 5.69 Å². The number of carbonyl (C=O) groups is 1.